The Morgan fingerprint density at radius 2 is 1.80 bits per heavy atom. The van der Waals surface area contributed by atoms with Gasteiger partial charge in [0.1, 0.15) is 5.82 Å². The number of H-pyrrole nitrogens is 1. The molecule has 0 saturated carbocycles. The first kappa shape index (κ1) is 25.7. The lowest BCUT2D eigenvalue weighted by molar-refractivity contribution is -0.192. The second-order valence-corrected chi connectivity index (χ2v) is 7.70. The number of aromatic amines is 1. The number of carboxylic acids is 1. The average Bonchev–Trinajstić information content (AvgIpc) is 2.83. The molecule has 1 aromatic carbocycles. The van der Waals surface area contributed by atoms with E-state index in [0.29, 0.717) is 12.0 Å². The van der Waals surface area contributed by atoms with Gasteiger partial charge in [0.2, 0.25) is 5.91 Å². The molecular formula is C23H24F3N5O4. The summed E-state index contributed by atoms with van der Waals surface area (Å²) < 4.78 is 31.7. The summed E-state index contributed by atoms with van der Waals surface area (Å²) in [6.45, 7) is 3.65. The molecule has 1 aliphatic rings. The van der Waals surface area contributed by atoms with Crippen LogP contribution in [-0.2, 0) is 16.0 Å². The number of aryl methyl sites for hydroxylation is 1. The summed E-state index contributed by atoms with van der Waals surface area (Å²) in [6, 6.07) is 13.2. The van der Waals surface area contributed by atoms with Crippen LogP contribution in [0.5, 0.6) is 0 Å². The molecule has 4 N–H and O–H groups in total. The Bertz CT molecular complexity index is 1240. The van der Waals surface area contributed by atoms with Gasteiger partial charge in [-0.15, -0.1) is 0 Å². The van der Waals surface area contributed by atoms with E-state index < -0.39 is 12.1 Å². The number of para-hydroxylation sites is 1. The van der Waals surface area contributed by atoms with Crippen LogP contribution in [0.3, 0.4) is 0 Å². The number of carboxylic acid groups (broad SMARTS) is 1. The number of carbonyl (C=O) groups is 2. The summed E-state index contributed by atoms with van der Waals surface area (Å²) in [5.41, 5.74) is 2.00. The first-order valence-electron chi connectivity index (χ1n) is 10.8. The van der Waals surface area contributed by atoms with E-state index in [9.17, 15) is 22.8 Å². The molecule has 3 aromatic rings. The van der Waals surface area contributed by atoms with Crippen molar-refractivity contribution in [2.75, 3.05) is 36.4 Å². The Labute approximate surface area is 198 Å². The number of fused-ring (bicyclic) bond motifs is 1. The van der Waals surface area contributed by atoms with Gasteiger partial charge in [0.15, 0.2) is 0 Å². The number of nitrogens with one attached hydrogen (secondary N) is 3. The van der Waals surface area contributed by atoms with Crippen LogP contribution in [0.1, 0.15) is 12.0 Å². The van der Waals surface area contributed by atoms with Gasteiger partial charge < -0.3 is 25.6 Å². The van der Waals surface area contributed by atoms with Crippen molar-refractivity contribution in [3.8, 4) is 0 Å². The second kappa shape index (κ2) is 11.5. The van der Waals surface area contributed by atoms with Gasteiger partial charge in [-0.3, -0.25) is 9.59 Å². The summed E-state index contributed by atoms with van der Waals surface area (Å²) >= 11 is 0. The first-order valence-corrected chi connectivity index (χ1v) is 10.8. The molecule has 9 nitrogen and oxygen atoms in total. The number of alkyl halides is 3. The summed E-state index contributed by atoms with van der Waals surface area (Å²) in [5.74, 6) is -2.01. The summed E-state index contributed by atoms with van der Waals surface area (Å²) in [7, 11) is 0. The van der Waals surface area contributed by atoms with Gasteiger partial charge in [-0.25, -0.2) is 9.78 Å². The Balaban J connectivity index is 0.000000429. The highest BCUT2D eigenvalue weighted by atomic mass is 19.4. The summed E-state index contributed by atoms with van der Waals surface area (Å²) in [6.07, 6.45) is -2.74. The third-order valence-electron chi connectivity index (χ3n) is 5.16. The van der Waals surface area contributed by atoms with Crippen molar-refractivity contribution < 1.29 is 27.9 Å². The number of carbonyl (C=O) groups excluding carboxylic acids is 1. The van der Waals surface area contributed by atoms with Crippen LogP contribution in [0, 0.1) is 0 Å². The molecule has 12 heteroatoms. The molecule has 0 spiro atoms. The number of nitrogens with zero attached hydrogens (tertiary/aromatic N) is 2. The molecule has 1 amide bonds. The predicted molar refractivity (Wildman–Crippen MR) is 125 cm³/mol. The number of piperazine rings is 1. The van der Waals surface area contributed by atoms with Gasteiger partial charge in [0, 0.05) is 61.6 Å². The van der Waals surface area contributed by atoms with Crippen LogP contribution in [0.2, 0.25) is 0 Å². The maximum Gasteiger partial charge on any atom is 0.490 e. The van der Waals surface area contributed by atoms with Crippen LogP contribution in [0.4, 0.5) is 24.7 Å². The average molecular weight is 491 g/mol. The number of aromatic nitrogens is 2. The number of hydrogen-bond donors (Lipinski definition) is 4. The molecule has 2 aromatic heterocycles. The van der Waals surface area contributed by atoms with Gasteiger partial charge in [-0.1, -0.05) is 18.2 Å². The van der Waals surface area contributed by atoms with E-state index in [-0.39, 0.29) is 17.9 Å². The fourth-order valence-corrected chi connectivity index (χ4v) is 3.41. The zero-order valence-electron chi connectivity index (χ0n) is 18.6. The lowest BCUT2D eigenvalue weighted by atomic mass is 10.1. The van der Waals surface area contributed by atoms with Crippen LogP contribution in [-0.4, -0.2) is 59.3 Å². The van der Waals surface area contributed by atoms with Crippen LogP contribution in [0.15, 0.2) is 53.5 Å². The highest BCUT2D eigenvalue weighted by Crippen LogP contribution is 2.17. The van der Waals surface area contributed by atoms with E-state index in [1.54, 1.807) is 12.3 Å². The van der Waals surface area contributed by atoms with Gasteiger partial charge in [0.05, 0.1) is 0 Å². The fraction of sp³-hybridized carbons (Fsp3) is 0.304. The van der Waals surface area contributed by atoms with Crippen LogP contribution >= 0.6 is 0 Å². The number of benzene rings is 1. The molecule has 35 heavy (non-hydrogen) atoms. The number of rotatable bonds is 5. The van der Waals surface area contributed by atoms with E-state index in [0.717, 1.165) is 48.6 Å². The molecule has 1 fully saturated rings. The Kier molecular flexibility index (Phi) is 8.42. The Morgan fingerprint density at radius 3 is 2.49 bits per heavy atom. The van der Waals surface area contributed by atoms with Crippen molar-refractivity contribution in [1.29, 1.82) is 0 Å². The number of amides is 1. The maximum absolute atomic E-state index is 12.4. The minimum absolute atomic E-state index is 0.120. The van der Waals surface area contributed by atoms with Crippen molar-refractivity contribution in [3.05, 3.63) is 64.6 Å². The number of hydrogen-bond acceptors (Lipinski definition) is 6. The minimum Gasteiger partial charge on any atom is -0.475 e. The van der Waals surface area contributed by atoms with Crippen LogP contribution in [0.25, 0.3) is 10.9 Å². The number of aliphatic carboxylic acids is 1. The van der Waals surface area contributed by atoms with E-state index in [2.05, 4.69) is 25.5 Å². The van der Waals surface area contributed by atoms with E-state index >= 15 is 0 Å². The number of anilines is 2. The molecule has 0 aliphatic carbocycles. The SMILES string of the molecule is O=C(CCc1cc2ccccc2[nH]c1=O)Nc1ccnc(N2CCNCC2)c1.O=C(O)C(F)(F)F. The highest BCUT2D eigenvalue weighted by Gasteiger charge is 2.38. The smallest absolute Gasteiger partial charge is 0.475 e. The summed E-state index contributed by atoms with van der Waals surface area (Å²) in [4.78, 5) is 43.0. The third-order valence-corrected chi connectivity index (χ3v) is 5.16. The topological polar surface area (TPSA) is 127 Å². The zero-order valence-corrected chi connectivity index (χ0v) is 18.6. The highest BCUT2D eigenvalue weighted by molar-refractivity contribution is 5.91. The lowest BCUT2D eigenvalue weighted by Gasteiger charge is -2.28. The second-order valence-electron chi connectivity index (χ2n) is 7.70. The fourth-order valence-electron chi connectivity index (χ4n) is 3.41. The van der Waals surface area contributed by atoms with E-state index in [1.165, 1.54) is 0 Å². The Hall–Kier alpha value is -3.93. The van der Waals surface area contributed by atoms with Crippen molar-refractivity contribution >= 4 is 34.3 Å². The van der Waals surface area contributed by atoms with Gasteiger partial charge >= 0.3 is 12.1 Å². The maximum atomic E-state index is 12.4. The summed E-state index contributed by atoms with van der Waals surface area (Å²) in [5, 5.41) is 14.3. The normalized spacial score (nSPS) is 13.6. The Morgan fingerprint density at radius 1 is 1.11 bits per heavy atom. The van der Waals surface area contributed by atoms with Crippen molar-refractivity contribution in [2.45, 2.75) is 19.0 Å². The monoisotopic (exact) mass is 491 g/mol. The quantitative estimate of drug-likeness (QED) is 0.432. The van der Waals surface area contributed by atoms with Crippen LogP contribution < -0.4 is 21.1 Å². The van der Waals surface area contributed by atoms with Crippen molar-refractivity contribution in [2.24, 2.45) is 0 Å². The van der Waals surface area contributed by atoms with E-state index in [1.807, 2.05) is 36.4 Å². The van der Waals surface area contributed by atoms with Crippen molar-refractivity contribution in [3.63, 3.8) is 0 Å². The molecule has 0 bridgehead atoms. The van der Waals surface area contributed by atoms with E-state index in [4.69, 9.17) is 9.90 Å². The molecule has 186 valence electrons. The standard InChI is InChI=1S/C21H23N5O2.C2HF3O2/c27-20(6-5-16-13-15-3-1-2-4-18(15)25-21(16)28)24-17-7-8-23-19(14-17)26-11-9-22-10-12-26;3-2(4,5)1(6)7/h1-4,7-8,13-14,22H,5-6,9-12H2,(H,25,28)(H,23,24,27);(H,6,7). The molecule has 1 aliphatic heterocycles. The number of halogens is 3. The largest absolute Gasteiger partial charge is 0.490 e. The minimum atomic E-state index is -5.08. The van der Waals surface area contributed by atoms with Gasteiger partial charge in [-0.05, 0) is 30.0 Å². The lowest BCUT2D eigenvalue weighted by Crippen LogP contribution is -2.43. The first-order chi connectivity index (χ1) is 16.6. The molecule has 3 heterocycles. The number of pyridine rings is 2. The molecule has 0 atom stereocenters. The van der Waals surface area contributed by atoms with Gasteiger partial charge in [-0.2, -0.15) is 13.2 Å². The molecule has 0 unspecified atom stereocenters. The molecule has 4 rings (SSSR count). The third kappa shape index (κ3) is 7.54. The molecule has 1 saturated heterocycles. The van der Waals surface area contributed by atoms with Crippen molar-refractivity contribution in [1.82, 2.24) is 15.3 Å². The predicted octanol–water partition coefficient (Wildman–Crippen LogP) is 2.54. The molecule has 0 radical (unpaired) electrons. The zero-order chi connectivity index (χ0) is 25.4. The molecular weight excluding hydrogens is 467 g/mol. The van der Waals surface area contributed by atoms with Gasteiger partial charge in [0.25, 0.3) is 5.56 Å².